The highest BCUT2D eigenvalue weighted by atomic mass is 16.1. The third-order valence-corrected chi connectivity index (χ3v) is 4.47. The van der Waals surface area contributed by atoms with Crippen LogP contribution in [0.25, 0.3) is 11.2 Å². The first kappa shape index (κ1) is 17.1. The molecule has 25 heavy (non-hydrogen) atoms. The van der Waals surface area contributed by atoms with Crippen LogP contribution in [0.5, 0.6) is 0 Å². The number of nitrogens with one attached hydrogen (secondary N) is 1. The molecule has 5 heteroatoms. The van der Waals surface area contributed by atoms with Gasteiger partial charge in [-0.2, -0.15) is 0 Å². The number of nitrogens with zero attached hydrogens (tertiary/aromatic N) is 3. The molecule has 0 radical (unpaired) electrons. The van der Waals surface area contributed by atoms with Gasteiger partial charge in [-0.05, 0) is 31.0 Å². The van der Waals surface area contributed by atoms with Crippen molar-refractivity contribution in [2.45, 2.75) is 39.2 Å². The normalized spacial score (nSPS) is 12.2. The summed E-state index contributed by atoms with van der Waals surface area (Å²) in [6.07, 6.45) is 3.27. The van der Waals surface area contributed by atoms with Gasteiger partial charge >= 0.3 is 0 Å². The Balaban J connectivity index is 1.65. The van der Waals surface area contributed by atoms with Gasteiger partial charge in [0.25, 0.3) is 0 Å². The molecular weight excluding hydrogens is 312 g/mol. The number of rotatable bonds is 7. The molecule has 0 aliphatic rings. The highest BCUT2D eigenvalue weighted by molar-refractivity contribution is 5.83. The van der Waals surface area contributed by atoms with Crippen LogP contribution in [-0.4, -0.2) is 27.0 Å². The summed E-state index contributed by atoms with van der Waals surface area (Å²) in [5.41, 5.74) is 2.87. The number of carbonyl (C=O) groups is 1. The van der Waals surface area contributed by atoms with Crippen LogP contribution >= 0.6 is 0 Å². The van der Waals surface area contributed by atoms with E-state index in [1.54, 1.807) is 6.20 Å². The van der Waals surface area contributed by atoms with Gasteiger partial charge in [-0.1, -0.05) is 37.3 Å². The molecular formula is C20H24N4O. The van der Waals surface area contributed by atoms with Gasteiger partial charge in [-0.15, -0.1) is 0 Å². The van der Waals surface area contributed by atoms with Gasteiger partial charge in [0.2, 0.25) is 5.91 Å². The standard InChI is InChI=1S/C20H24N4O/c1-3-16(15-9-6-5-7-10-15)20(25)22-14-12-18-23-17-11-8-13-21-19(17)24(18)4-2/h5-11,13,16H,3-4,12,14H2,1-2H3,(H,22,25)/t16-/m1/s1. The Hall–Kier alpha value is -2.69. The van der Waals surface area contributed by atoms with E-state index in [0.717, 1.165) is 35.5 Å². The van der Waals surface area contributed by atoms with Crippen LogP contribution in [0.1, 0.15) is 37.6 Å². The summed E-state index contributed by atoms with van der Waals surface area (Å²) >= 11 is 0. The number of amides is 1. The van der Waals surface area contributed by atoms with Crippen molar-refractivity contribution in [3.63, 3.8) is 0 Å². The van der Waals surface area contributed by atoms with E-state index >= 15 is 0 Å². The van der Waals surface area contributed by atoms with Gasteiger partial charge in [0.15, 0.2) is 5.65 Å². The van der Waals surface area contributed by atoms with Crippen LogP contribution in [0.3, 0.4) is 0 Å². The topological polar surface area (TPSA) is 59.8 Å². The fourth-order valence-corrected chi connectivity index (χ4v) is 3.21. The second-order valence-electron chi connectivity index (χ2n) is 6.03. The summed E-state index contributed by atoms with van der Waals surface area (Å²) < 4.78 is 2.11. The summed E-state index contributed by atoms with van der Waals surface area (Å²) in [6.45, 7) is 5.52. The first-order valence-corrected chi connectivity index (χ1v) is 8.87. The lowest BCUT2D eigenvalue weighted by atomic mass is 9.96. The summed E-state index contributed by atoms with van der Waals surface area (Å²) in [4.78, 5) is 21.6. The molecule has 3 rings (SSSR count). The number of pyridine rings is 1. The fraction of sp³-hybridized carbons (Fsp3) is 0.350. The van der Waals surface area contributed by atoms with Crippen LogP contribution < -0.4 is 5.32 Å². The molecule has 0 aliphatic carbocycles. The zero-order valence-corrected chi connectivity index (χ0v) is 14.8. The van der Waals surface area contributed by atoms with Gasteiger partial charge < -0.3 is 9.88 Å². The van der Waals surface area contributed by atoms with Gasteiger partial charge in [0.05, 0.1) is 5.92 Å². The average Bonchev–Trinajstić information content (AvgIpc) is 3.00. The summed E-state index contributed by atoms with van der Waals surface area (Å²) in [5, 5.41) is 3.06. The predicted molar refractivity (Wildman–Crippen MR) is 99.4 cm³/mol. The summed E-state index contributed by atoms with van der Waals surface area (Å²) in [7, 11) is 0. The molecule has 0 aliphatic heterocycles. The lowest BCUT2D eigenvalue weighted by Crippen LogP contribution is -2.31. The van der Waals surface area contributed by atoms with E-state index in [4.69, 9.17) is 0 Å². The molecule has 2 heterocycles. The molecule has 1 aromatic carbocycles. The largest absolute Gasteiger partial charge is 0.355 e. The molecule has 1 atom stereocenters. The Morgan fingerprint density at radius 1 is 1.16 bits per heavy atom. The minimum Gasteiger partial charge on any atom is -0.355 e. The molecule has 1 amide bonds. The number of imidazole rings is 1. The van der Waals surface area contributed by atoms with Crippen molar-refractivity contribution in [1.29, 1.82) is 0 Å². The molecule has 0 saturated heterocycles. The van der Waals surface area contributed by atoms with Gasteiger partial charge in [-0.3, -0.25) is 4.79 Å². The first-order chi connectivity index (χ1) is 12.2. The van der Waals surface area contributed by atoms with Crippen LogP contribution in [-0.2, 0) is 17.8 Å². The molecule has 1 N–H and O–H groups in total. The van der Waals surface area contributed by atoms with Crippen LogP contribution in [0.15, 0.2) is 48.7 Å². The van der Waals surface area contributed by atoms with Gasteiger partial charge in [0, 0.05) is 25.7 Å². The van der Waals surface area contributed by atoms with Crippen molar-refractivity contribution < 1.29 is 4.79 Å². The van der Waals surface area contributed by atoms with E-state index in [1.165, 1.54) is 0 Å². The van der Waals surface area contributed by atoms with E-state index in [-0.39, 0.29) is 11.8 Å². The number of fused-ring (bicyclic) bond motifs is 1. The SMILES string of the molecule is CC[C@@H](C(=O)NCCc1nc2cccnc2n1CC)c1ccccc1. The van der Waals surface area contributed by atoms with Crippen molar-refractivity contribution in [3.8, 4) is 0 Å². The monoisotopic (exact) mass is 336 g/mol. The minimum atomic E-state index is -0.104. The van der Waals surface area contributed by atoms with E-state index < -0.39 is 0 Å². The van der Waals surface area contributed by atoms with Gasteiger partial charge in [0.1, 0.15) is 11.3 Å². The number of hydrogen-bond acceptors (Lipinski definition) is 3. The maximum absolute atomic E-state index is 12.5. The Bertz CT molecular complexity index is 841. The Morgan fingerprint density at radius 2 is 1.96 bits per heavy atom. The molecule has 0 unspecified atom stereocenters. The van der Waals surface area contributed by atoms with Crippen molar-refractivity contribution >= 4 is 17.1 Å². The molecule has 3 aromatic rings. The minimum absolute atomic E-state index is 0.0750. The second kappa shape index (κ2) is 7.92. The van der Waals surface area contributed by atoms with Crippen molar-refractivity contribution in [2.75, 3.05) is 6.54 Å². The van der Waals surface area contributed by atoms with Crippen molar-refractivity contribution in [1.82, 2.24) is 19.9 Å². The maximum atomic E-state index is 12.5. The fourth-order valence-electron chi connectivity index (χ4n) is 3.21. The van der Waals surface area contributed by atoms with Crippen LogP contribution in [0, 0.1) is 0 Å². The highest BCUT2D eigenvalue weighted by Gasteiger charge is 2.18. The summed E-state index contributed by atoms with van der Waals surface area (Å²) in [5.74, 6) is 0.933. The number of aryl methyl sites for hydroxylation is 1. The number of hydrogen-bond donors (Lipinski definition) is 1. The first-order valence-electron chi connectivity index (χ1n) is 8.87. The Morgan fingerprint density at radius 3 is 2.68 bits per heavy atom. The van der Waals surface area contributed by atoms with E-state index in [0.29, 0.717) is 13.0 Å². The third kappa shape index (κ3) is 3.71. The van der Waals surface area contributed by atoms with Crippen molar-refractivity contribution in [2.24, 2.45) is 0 Å². The van der Waals surface area contributed by atoms with E-state index in [2.05, 4.69) is 26.8 Å². The van der Waals surface area contributed by atoms with Crippen molar-refractivity contribution in [3.05, 3.63) is 60.0 Å². The quantitative estimate of drug-likeness (QED) is 0.720. The summed E-state index contributed by atoms with van der Waals surface area (Å²) in [6, 6.07) is 13.8. The lowest BCUT2D eigenvalue weighted by molar-refractivity contribution is -0.122. The number of aromatic nitrogens is 3. The number of carbonyl (C=O) groups excluding carboxylic acids is 1. The Kier molecular flexibility index (Phi) is 5.43. The second-order valence-corrected chi connectivity index (χ2v) is 6.03. The zero-order chi connectivity index (χ0) is 17.6. The van der Waals surface area contributed by atoms with Crippen LogP contribution in [0.4, 0.5) is 0 Å². The molecule has 5 nitrogen and oxygen atoms in total. The van der Waals surface area contributed by atoms with E-state index in [1.807, 2.05) is 49.4 Å². The van der Waals surface area contributed by atoms with E-state index in [9.17, 15) is 4.79 Å². The predicted octanol–water partition coefficient (Wildman–Crippen LogP) is 3.30. The molecule has 2 aromatic heterocycles. The Labute approximate surface area is 148 Å². The molecule has 0 fully saturated rings. The van der Waals surface area contributed by atoms with Crippen LogP contribution in [0.2, 0.25) is 0 Å². The molecule has 0 spiro atoms. The smallest absolute Gasteiger partial charge is 0.227 e. The average molecular weight is 336 g/mol. The highest BCUT2D eigenvalue weighted by Crippen LogP contribution is 2.19. The third-order valence-electron chi connectivity index (χ3n) is 4.47. The molecule has 0 bridgehead atoms. The molecule has 0 saturated carbocycles. The molecule has 130 valence electrons. The maximum Gasteiger partial charge on any atom is 0.227 e. The lowest BCUT2D eigenvalue weighted by Gasteiger charge is -2.15. The number of benzene rings is 1. The van der Waals surface area contributed by atoms with Gasteiger partial charge in [-0.25, -0.2) is 9.97 Å². The zero-order valence-electron chi connectivity index (χ0n) is 14.8.